The van der Waals surface area contributed by atoms with Crippen LogP contribution in [0.25, 0.3) is 11.1 Å². The van der Waals surface area contributed by atoms with E-state index in [9.17, 15) is 19.5 Å². The quantitative estimate of drug-likeness (QED) is 0.147. The van der Waals surface area contributed by atoms with Crippen molar-refractivity contribution in [1.29, 1.82) is 0 Å². The Morgan fingerprint density at radius 3 is 1.73 bits per heavy atom. The highest BCUT2D eigenvalue weighted by atomic mass is 35.5. The number of nitrogens with one attached hydrogen (secondary N) is 2. The Bertz CT molecular complexity index is 2130. The van der Waals surface area contributed by atoms with Gasteiger partial charge in [-0.25, -0.2) is 9.97 Å². The molecule has 8 rings (SSSR count). The summed E-state index contributed by atoms with van der Waals surface area (Å²) in [7, 11) is 3.77. The van der Waals surface area contributed by atoms with E-state index < -0.39 is 5.97 Å². The van der Waals surface area contributed by atoms with Crippen molar-refractivity contribution in [3.8, 4) is 11.1 Å². The molecule has 0 bridgehead atoms. The van der Waals surface area contributed by atoms with Crippen molar-refractivity contribution in [3.63, 3.8) is 0 Å². The van der Waals surface area contributed by atoms with Crippen molar-refractivity contribution in [1.82, 2.24) is 28.9 Å². The molecular formula is C41H48Cl2N8O4. The van der Waals surface area contributed by atoms with Crippen LogP contribution in [0, 0.1) is 17.8 Å². The summed E-state index contributed by atoms with van der Waals surface area (Å²) in [6.07, 6.45) is 8.77. The fraction of sp³-hybridized carbons (Fsp3) is 0.488. The zero-order valence-corrected chi connectivity index (χ0v) is 32.9. The summed E-state index contributed by atoms with van der Waals surface area (Å²) in [6.45, 7) is 5.32. The standard InChI is InChI=1S/C41H48Cl2N8O4/c1-48-33-16-19-50(18-15-24-11-13-26(14-12-24)41(54)55)22-31(33)44-37(48)39(52)46-29-7-3-5-27(35(29)42)28-6-4-8-30(36(28)43)47-40(53)38-45-32-23-51(21-25-9-10-25)20-17-34(32)49(38)2/h3-8,24-26H,9-23H2,1-2H3,(H,46,52)(H,47,53)(H,54,55)/t24-,26-. The zero-order valence-electron chi connectivity index (χ0n) is 31.4. The molecule has 2 aliphatic heterocycles. The molecule has 4 aliphatic rings. The Balaban J connectivity index is 0.923. The molecule has 4 aromatic rings. The van der Waals surface area contributed by atoms with Crippen LogP contribution in [-0.4, -0.2) is 78.0 Å². The van der Waals surface area contributed by atoms with E-state index >= 15 is 0 Å². The van der Waals surface area contributed by atoms with Gasteiger partial charge in [-0.15, -0.1) is 0 Å². The summed E-state index contributed by atoms with van der Waals surface area (Å²) in [5, 5.41) is 15.9. The second-order valence-corrected chi connectivity index (χ2v) is 16.6. The van der Waals surface area contributed by atoms with Crippen molar-refractivity contribution < 1.29 is 19.5 Å². The number of halogens is 2. The first-order valence-corrected chi connectivity index (χ1v) is 20.3. The molecule has 2 aliphatic carbocycles. The average Bonchev–Trinajstić information content (AvgIpc) is 3.85. The molecule has 2 fully saturated rings. The Morgan fingerprint density at radius 2 is 1.22 bits per heavy atom. The molecule has 2 aromatic carbocycles. The first kappa shape index (κ1) is 37.7. The number of carboxylic acid groups (broad SMARTS) is 1. The minimum atomic E-state index is -0.668. The van der Waals surface area contributed by atoms with Crippen LogP contribution in [0.3, 0.4) is 0 Å². The van der Waals surface area contributed by atoms with E-state index in [1.54, 1.807) is 18.2 Å². The number of carboxylic acids is 1. The lowest BCUT2D eigenvalue weighted by atomic mass is 9.80. The third-order valence-electron chi connectivity index (χ3n) is 12.1. The molecule has 0 spiro atoms. The maximum atomic E-state index is 13.7. The second kappa shape index (κ2) is 15.7. The molecular weight excluding hydrogens is 739 g/mol. The van der Waals surface area contributed by atoms with Gasteiger partial charge in [0.25, 0.3) is 11.8 Å². The third-order valence-corrected chi connectivity index (χ3v) is 12.9. The van der Waals surface area contributed by atoms with Gasteiger partial charge in [-0.3, -0.25) is 24.2 Å². The molecule has 12 nitrogen and oxygen atoms in total. The average molecular weight is 788 g/mol. The molecule has 0 unspecified atom stereocenters. The third kappa shape index (κ3) is 7.92. The topological polar surface area (TPSA) is 138 Å². The van der Waals surface area contributed by atoms with Crippen LogP contribution < -0.4 is 10.6 Å². The maximum absolute atomic E-state index is 13.7. The summed E-state index contributed by atoms with van der Waals surface area (Å²) in [5.41, 5.74) is 6.08. The highest BCUT2D eigenvalue weighted by Crippen LogP contribution is 2.41. The van der Waals surface area contributed by atoms with Gasteiger partial charge in [-0.1, -0.05) is 47.5 Å². The van der Waals surface area contributed by atoms with Crippen LogP contribution in [0.1, 0.15) is 89.0 Å². The number of nitrogens with zero attached hydrogens (tertiary/aromatic N) is 6. The highest BCUT2D eigenvalue weighted by molar-refractivity contribution is 6.40. The molecule has 2 amide bonds. The first-order chi connectivity index (χ1) is 26.5. The SMILES string of the molecule is Cn1c(C(=O)Nc2cccc(-c3cccc(NC(=O)c4nc5c(n4C)CCN(CC4CC4)C5)c3Cl)c2Cl)nc2c1CCN(CC[C@H]1CC[C@H](C(=O)O)CC1)C2. The molecule has 3 N–H and O–H groups in total. The predicted octanol–water partition coefficient (Wildman–Crippen LogP) is 7.04. The molecule has 0 atom stereocenters. The number of aromatic nitrogens is 4. The molecule has 0 saturated heterocycles. The number of benzene rings is 2. The lowest BCUT2D eigenvalue weighted by Crippen LogP contribution is -2.33. The summed E-state index contributed by atoms with van der Waals surface area (Å²) < 4.78 is 3.77. The van der Waals surface area contributed by atoms with Gasteiger partial charge in [0.15, 0.2) is 11.6 Å². The van der Waals surface area contributed by atoms with E-state index in [2.05, 4.69) is 20.4 Å². The van der Waals surface area contributed by atoms with Gasteiger partial charge in [0.2, 0.25) is 0 Å². The number of imidazole rings is 2. The van der Waals surface area contributed by atoms with Gasteiger partial charge in [-0.05, 0) is 75.5 Å². The van der Waals surface area contributed by atoms with Gasteiger partial charge in [-0.2, -0.15) is 0 Å². The predicted molar refractivity (Wildman–Crippen MR) is 213 cm³/mol. The number of hydrogen-bond donors (Lipinski definition) is 3. The van der Waals surface area contributed by atoms with E-state index in [0.717, 1.165) is 106 Å². The van der Waals surface area contributed by atoms with Crippen molar-refractivity contribution in [2.24, 2.45) is 31.8 Å². The van der Waals surface area contributed by atoms with Crippen molar-refractivity contribution >= 4 is 52.4 Å². The number of fused-ring (bicyclic) bond motifs is 2. The number of anilines is 2. The van der Waals surface area contributed by atoms with Crippen molar-refractivity contribution in [3.05, 3.63) is 80.9 Å². The summed E-state index contributed by atoms with van der Waals surface area (Å²) in [5.74, 6) is 0.456. The first-order valence-electron chi connectivity index (χ1n) is 19.5. The number of aliphatic carboxylic acids is 1. The number of rotatable bonds is 11. The molecule has 14 heteroatoms. The Morgan fingerprint density at radius 1 is 0.727 bits per heavy atom. The van der Waals surface area contributed by atoms with E-state index in [1.165, 1.54) is 12.8 Å². The molecule has 290 valence electrons. The van der Waals surface area contributed by atoms with Crippen LogP contribution in [0.5, 0.6) is 0 Å². The minimum Gasteiger partial charge on any atom is -0.481 e. The molecule has 2 aromatic heterocycles. The highest BCUT2D eigenvalue weighted by Gasteiger charge is 2.31. The molecule has 2 saturated carbocycles. The monoisotopic (exact) mass is 786 g/mol. The van der Waals surface area contributed by atoms with Gasteiger partial charge in [0, 0.05) is 82.2 Å². The Kier molecular flexibility index (Phi) is 10.8. The van der Waals surface area contributed by atoms with Crippen LogP contribution in [0.2, 0.25) is 10.0 Å². The molecule has 0 radical (unpaired) electrons. The van der Waals surface area contributed by atoms with E-state index in [-0.39, 0.29) is 17.7 Å². The normalized spacial score (nSPS) is 20.1. The van der Waals surface area contributed by atoms with E-state index in [4.69, 9.17) is 33.2 Å². The molecule has 55 heavy (non-hydrogen) atoms. The Hall–Kier alpha value is -4.23. The summed E-state index contributed by atoms with van der Waals surface area (Å²) in [4.78, 5) is 53.0. The van der Waals surface area contributed by atoms with Crippen LogP contribution in [0.4, 0.5) is 11.4 Å². The van der Waals surface area contributed by atoms with E-state index in [1.807, 2.05) is 41.4 Å². The fourth-order valence-corrected chi connectivity index (χ4v) is 9.23. The minimum absolute atomic E-state index is 0.195. The second-order valence-electron chi connectivity index (χ2n) is 15.8. The van der Waals surface area contributed by atoms with Crippen molar-refractivity contribution in [2.45, 2.75) is 70.9 Å². The van der Waals surface area contributed by atoms with Crippen molar-refractivity contribution in [2.75, 3.05) is 36.8 Å². The van der Waals surface area contributed by atoms with Crippen LogP contribution in [-0.2, 0) is 44.8 Å². The number of amides is 2. The number of carbonyl (C=O) groups is 3. The van der Waals surface area contributed by atoms with Gasteiger partial charge in [0.1, 0.15) is 0 Å². The Labute approximate surface area is 331 Å². The summed E-state index contributed by atoms with van der Waals surface area (Å²) >= 11 is 13.9. The lowest BCUT2D eigenvalue weighted by Gasteiger charge is -2.30. The van der Waals surface area contributed by atoms with E-state index in [0.29, 0.717) is 56.7 Å². The number of hydrogen-bond acceptors (Lipinski definition) is 7. The van der Waals surface area contributed by atoms with Crippen LogP contribution in [0.15, 0.2) is 36.4 Å². The smallest absolute Gasteiger partial charge is 0.306 e. The number of carbonyl (C=O) groups excluding carboxylic acids is 2. The zero-order chi connectivity index (χ0) is 38.4. The van der Waals surface area contributed by atoms with Gasteiger partial charge < -0.3 is 24.9 Å². The van der Waals surface area contributed by atoms with Crippen LogP contribution >= 0.6 is 23.2 Å². The van der Waals surface area contributed by atoms with Gasteiger partial charge >= 0.3 is 5.97 Å². The van der Waals surface area contributed by atoms with Gasteiger partial charge in [0.05, 0.1) is 38.7 Å². The molecule has 4 heterocycles. The fourth-order valence-electron chi connectivity index (χ4n) is 8.68. The maximum Gasteiger partial charge on any atom is 0.306 e. The summed E-state index contributed by atoms with van der Waals surface area (Å²) in [6, 6.07) is 10.8. The largest absolute Gasteiger partial charge is 0.481 e. The lowest BCUT2D eigenvalue weighted by molar-refractivity contribution is -0.143.